The molecule has 22 heavy (non-hydrogen) atoms. The number of rotatable bonds is 6. The fourth-order valence-electron chi connectivity index (χ4n) is 2.61. The van der Waals surface area contributed by atoms with Crippen molar-refractivity contribution in [2.75, 3.05) is 6.61 Å². The SMILES string of the molecule is C=CCCOC(C)C(=O)N1Cc2ccccc2CC1C(=O)O. The Hall–Kier alpha value is -2.14. The zero-order chi connectivity index (χ0) is 16.1. The van der Waals surface area contributed by atoms with Crippen LogP contribution in [0, 0.1) is 0 Å². The third-order valence-corrected chi connectivity index (χ3v) is 3.85. The molecule has 2 atom stereocenters. The van der Waals surface area contributed by atoms with Gasteiger partial charge in [0.05, 0.1) is 6.61 Å². The van der Waals surface area contributed by atoms with Crippen LogP contribution in [-0.4, -0.2) is 40.6 Å². The van der Waals surface area contributed by atoms with E-state index in [0.29, 0.717) is 26.0 Å². The minimum Gasteiger partial charge on any atom is -0.480 e. The van der Waals surface area contributed by atoms with Crippen molar-refractivity contribution in [1.82, 2.24) is 4.90 Å². The van der Waals surface area contributed by atoms with Crippen LogP contribution in [0.25, 0.3) is 0 Å². The Morgan fingerprint density at radius 2 is 2.14 bits per heavy atom. The molecule has 0 fully saturated rings. The molecule has 1 heterocycles. The summed E-state index contributed by atoms with van der Waals surface area (Å²) in [6, 6.07) is 6.78. The van der Waals surface area contributed by atoms with Gasteiger partial charge in [0.2, 0.25) is 0 Å². The Bertz CT molecular complexity index is 570. The molecule has 1 aliphatic rings. The van der Waals surface area contributed by atoms with E-state index in [1.165, 1.54) is 4.90 Å². The highest BCUT2D eigenvalue weighted by Gasteiger charge is 2.36. The van der Waals surface area contributed by atoms with Crippen LogP contribution in [-0.2, 0) is 27.3 Å². The van der Waals surface area contributed by atoms with Gasteiger partial charge in [0.15, 0.2) is 0 Å². The number of hydrogen-bond donors (Lipinski definition) is 1. The molecule has 1 amide bonds. The Labute approximate surface area is 130 Å². The van der Waals surface area contributed by atoms with E-state index in [0.717, 1.165) is 11.1 Å². The number of benzene rings is 1. The monoisotopic (exact) mass is 303 g/mol. The van der Waals surface area contributed by atoms with E-state index >= 15 is 0 Å². The van der Waals surface area contributed by atoms with Gasteiger partial charge in [0, 0.05) is 13.0 Å². The minimum atomic E-state index is -0.985. The van der Waals surface area contributed by atoms with Crippen LogP contribution in [0.4, 0.5) is 0 Å². The molecule has 0 aromatic heterocycles. The first-order chi connectivity index (χ1) is 10.5. The van der Waals surface area contributed by atoms with Crippen molar-refractivity contribution >= 4 is 11.9 Å². The summed E-state index contributed by atoms with van der Waals surface area (Å²) in [4.78, 5) is 25.4. The van der Waals surface area contributed by atoms with Gasteiger partial charge in [-0.05, 0) is 24.5 Å². The maximum Gasteiger partial charge on any atom is 0.326 e. The second-order valence-corrected chi connectivity index (χ2v) is 5.38. The van der Waals surface area contributed by atoms with Crippen LogP contribution >= 0.6 is 0 Å². The summed E-state index contributed by atoms with van der Waals surface area (Å²) in [5.41, 5.74) is 1.98. The van der Waals surface area contributed by atoms with Gasteiger partial charge in [0.25, 0.3) is 5.91 Å². The van der Waals surface area contributed by atoms with Gasteiger partial charge in [-0.25, -0.2) is 4.79 Å². The molecule has 1 aromatic carbocycles. The summed E-state index contributed by atoms with van der Waals surface area (Å²) < 4.78 is 5.46. The summed E-state index contributed by atoms with van der Waals surface area (Å²) in [7, 11) is 0. The molecule has 1 N–H and O–H groups in total. The third kappa shape index (κ3) is 3.54. The van der Waals surface area contributed by atoms with Crippen molar-refractivity contribution in [2.45, 2.75) is 38.5 Å². The Kier molecular flexibility index (Phi) is 5.33. The molecule has 1 aromatic rings. The zero-order valence-corrected chi connectivity index (χ0v) is 12.7. The molecule has 2 unspecified atom stereocenters. The molecule has 0 saturated heterocycles. The molecule has 5 heteroatoms. The molecular weight excluding hydrogens is 282 g/mol. The fourth-order valence-corrected chi connectivity index (χ4v) is 2.61. The Morgan fingerprint density at radius 3 is 2.77 bits per heavy atom. The van der Waals surface area contributed by atoms with Crippen molar-refractivity contribution in [3.05, 3.63) is 48.0 Å². The first-order valence-corrected chi connectivity index (χ1v) is 7.37. The predicted molar refractivity (Wildman–Crippen MR) is 82.3 cm³/mol. The summed E-state index contributed by atoms with van der Waals surface area (Å²) in [5.74, 6) is -1.27. The maximum absolute atomic E-state index is 12.5. The average molecular weight is 303 g/mol. The van der Waals surface area contributed by atoms with Crippen molar-refractivity contribution in [3.63, 3.8) is 0 Å². The van der Waals surface area contributed by atoms with Gasteiger partial charge < -0.3 is 14.7 Å². The van der Waals surface area contributed by atoms with Crippen LogP contribution in [0.15, 0.2) is 36.9 Å². The number of carboxylic acid groups (broad SMARTS) is 1. The van der Waals surface area contributed by atoms with E-state index < -0.39 is 18.1 Å². The first kappa shape index (κ1) is 16.2. The fraction of sp³-hybridized carbons (Fsp3) is 0.412. The largest absolute Gasteiger partial charge is 0.480 e. The van der Waals surface area contributed by atoms with E-state index in [-0.39, 0.29) is 5.91 Å². The number of carbonyl (C=O) groups is 2. The number of carbonyl (C=O) groups excluding carboxylic acids is 1. The molecule has 118 valence electrons. The summed E-state index contributed by atoms with van der Waals surface area (Å²) in [5, 5.41) is 9.43. The molecule has 0 aliphatic carbocycles. The van der Waals surface area contributed by atoms with Crippen LogP contribution in [0.3, 0.4) is 0 Å². The van der Waals surface area contributed by atoms with Crippen LogP contribution in [0.5, 0.6) is 0 Å². The van der Waals surface area contributed by atoms with Crippen LogP contribution in [0.2, 0.25) is 0 Å². The molecule has 0 saturated carbocycles. The van der Waals surface area contributed by atoms with Gasteiger partial charge in [0.1, 0.15) is 12.1 Å². The number of amides is 1. The third-order valence-electron chi connectivity index (χ3n) is 3.85. The number of aliphatic carboxylic acids is 1. The normalized spacial score (nSPS) is 18.4. The second kappa shape index (κ2) is 7.22. The lowest BCUT2D eigenvalue weighted by Gasteiger charge is -2.35. The topological polar surface area (TPSA) is 66.8 Å². The average Bonchev–Trinajstić information content (AvgIpc) is 2.52. The quantitative estimate of drug-likeness (QED) is 0.645. The van der Waals surface area contributed by atoms with E-state index in [4.69, 9.17) is 4.74 Å². The smallest absolute Gasteiger partial charge is 0.326 e. The zero-order valence-electron chi connectivity index (χ0n) is 12.7. The van der Waals surface area contributed by atoms with Gasteiger partial charge in [-0.15, -0.1) is 6.58 Å². The van der Waals surface area contributed by atoms with Crippen LogP contribution < -0.4 is 0 Å². The predicted octanol–water partition coefficient (Wildman–Crippen LogP) is 2.01. The molecule has 5 nitrogen and oxygen atoms in total. The van der Waals surface area contributed by atoms with Gasteiger partial charge in [-0.2, -0.15) is 0 Å². The number of nitrogens with zero attached hydrogens (tertiary/aromatic N) is 1. The van der Waals surface area contributed by atoms with Crippen molar-refractivity contribution < 1.29 is 19.4 Å². The molecule has 0 spiro atoms. The highest BCUT2D eigenvalue weighted by atomic mass is 16.5. The second-order valence-electron chi connectivity index (χ2n) is 5.38. The van der Waals surface area contributed by atoms with Crippen molar-refractivity contribution in [3.8, 4) is 0 Å². The Balaban J connectivity index is 2.15. The van der Waals surface area contributed by atoms with E-state index in [1.807, 2.05) is 24.3 Å². The lowest BCUT2D eigenvalue weighted by Crippen LogP contribution is -2.51. The number of carboxylic acids is 1. The standard InChI is InChI=1S/C17H21NO4/c1-3-4-9-22-12(2)16(19)18-11-14-8-6-5-7-13(14)10-15(18)17(20)21/h3,5-8,12,15H,1,4,9-11H2,2H3,(H,20,21). The van der Waals surface area contributed by atoms with Gasteiger partial charge in [-0.3, -0.25) is 4.79 Å². The van der Waals surface area contributed by atoms with E-state index in [2.05, 4.69) is 6.58 Å². The maximum atomic E-state index is 12.5. The first-order valence-electron chi connectivity index (χ1n) is 7.37. The van der Waals surface area contributed by atoms with Crippen LogP contribution in [0.1, 0.15) is 24.5 Å². The molecule has 0 bridgehead atoms. The number of hydrogen-bond acceptors (Lipinski definition) is 3. The molecule has 0 radical (unpaired) electrons. The number of ether oxygens (including phenoxy) is 1. The van der Waals surface area contributed by atoms with Crippen molar-refractivity contribution in [1.29, 1.82) is 0 Å². The van der Waals surface area contributed by atoms with Gasteiger partial charge >= 0.3 is 5.97 Å². The lowest BCUT2D eigenvalue weighted by atomic mass is 9.93. The summed E-state index contributed by atoms with van der Waals surface area (Å²) in [6.07, 6.45) is 2.04. The highest BCUT2D eigenvalue weighted by Crippen LogP contribution is 2.24. The molecule has 2 rings (SSSR count). The summed E-state index contributed by atoms with van der Waals surface area (Å²) in [6.45, 7) is 5.97. The molecule has 1 aliphatic heterocycles. The molecular formula is C17H21NO4. The van der Waals surface area contributed by atoms with E-state index in [1.54, 1.807) is 13.0 Å². The highest BCUT2D eigenvalue weighted by molar-refractivity contribution is 5.87. The summed E-state index contributed by atoms with van der Waals surface area (Å²) >= 11 is 0. The number of fused-ring (bicyclic) bond motifs is 1. The Morgan fingerprint density at radius 1 is 1.45 bits per heavy atom. The van der Waals surface area contributed by atoms with E-state index in [9.17, 15) is 14.7 Å². The van der Waals surface area contributed by atoms with Gasteiger partial charge in [-0.1, -0.05) is 30.3 Å². The van der Waals surface area contributed by atoms with Crippen molar-refractivity contribution in [2.24, 2.45) is 0 Å². The minimum absolute atomic E-state index is 0.286. The lowest BCUT2D eigenvalue weighted by molar-refractivity contribution is -0.156.